The van der Waals surface area contributed by atoms with Crippen molar-refractivity contribution in [3.8, 4) is 5.75 Å². The van der Waals surface area contributed by atoms with Crippen molar-refractivity contribution in [2.24, 2.45) is 4.99 Å². The smallest absolute Gasteiger partial charge is 0.416 e. The van der Waals surface area contributed by atoms with Crippen LogP contribution < -0.4 is 15.6 Å². The molecule has 47 heavy (non-hydrogen) atoms. The van der Waals surface area contributed by atoms with E-state index in [0.717, 1.165) is 16.6 Å². The van der Waals surface area contributed by atoms with E-state index in [9.17, 15) is 22.8 Å². The van der Waals surface area contributed by atoms with Crippen LogP contribution in [0.2, 0.25) is 0 Å². The minimum absolute atomic E-state index is 0.00240. The number of carbonyl (C=O) groups excluding carboxylic acids is 2. The quantitative estimate of drug-likeness (QED) is 0.106. The van der Waals surface area contributed by atoms with Gasteiger partial charge in [0, 0.05) is 36.0 Å². The third-order valence-corrected chi connectivity index (χ3v) is 7.61. The minimum atomic E-state index is -4.51. The number of alkyl halides is 3. The van der Waals surface area contributed by atoms with E-state index < -0.39 is 40.9 Å². The molecule has 1 amide bonds. The first-order chi connectivity index (χ1) is 22.2. The number of aliphatic hydroxyl groups is 1. The van der Waals surface area contributed by atoms with Crippen LogP contribution in [0.25, 0.3) is 0 Å². The van der Waals surface area contributed by atoms with E-state index in [1.54, 1.807) is 69.3 Å². The van der Waals surface area contributed by atoms with Gasteiger partial charge < -0.3 is 19.3 Å². The summed E-state index contributed by atoms with van der Waals surface area (Å²) in [6.45, 7) is 5.43. The highest BCUT2D eigenvalue weighted by Crippen LogP contribution is 2.43. The van der Waals surface area contributed by atoms with Gasteiger partial charge in [0.2, 0.25) is 5.90 Å². The zero-order valence-electron chi connectivity index (χ0n) is 26.2. The van der Waals surface area contributed by atoms with Crippen molar-refractivity contribution >= 4 is 33.7 Å². The molecule has 3 aromatic carbocycles. The number of esters is 1. The number of aliphatic hydroxyl groups excluding tert-OH is 1. The van der Waals surface area contributed by atoms with Gasteiger partial charge in [0.05, 0.1) is 12.2 Å². The molecular formula is C34H37BrF3N3O6. The van der Waals surface area contributed by atoms with Crippen molar-refractivity contribution in [1.82, 2.24) is 10.9 Å². The Morgan fingerprint density at radius 3 is 2.38 bits per heavy atom. The summed E-state index contributed by atoms with van der Waals surface area (Å²) >= 11 is 3.42. The van der Waals surface area contributed by atoms with Crippen LogP contribution in [0.4, 0.5) is 13.2 Å². The lowest BCUT2D eigenvalue weighted by atomic mass is 9.83. The van der Waals surface area contributed by atoms with E-state index in [0.29, 0.717) is 35.5 Å². The molecule has 1 aliphatic rings. The summed E-state index contributed by atoms with van der Waals surface area (Å²) in [5.74, 6) is -0.473. The van der Waals surface area contributed by atoms with Crippen molar-refractivity contribution in [2.45, 2.75) is 70.0 Å². The third kappa shape index (κ3) is 9.78. The Hall–Kier alpha value is -3.94. The number of hydrogen-bond acceptors (Lipinski definition) is 8. The Balaban J connectivity index is 1.67. The summed E-state index contributed by atoms with van der Waals surface area (Å²) in [6, 6.07) is 18.8. The van der Waals surface area contributed by atoms with Crippen LogP contribution in [-0.2, 0) is 31.8 Å². The molecule has 1 aliphatic heterocycles. The normalized spacial score (nSPS) is 17.9. The van der Waals surface area contributed by atoms with E-state index >= 15 is 0 Å². The summed E-state index contributed by atoms with van der Waals surface area (Å²) in [7, 11) is 0. The number of hydrogen-bond donors (Lipinski definition) is 3. The Kier molecular flexibility index (Phi) is 11.7. The van der Waals surface area contributed by atoms with Gasteiger partial charge in [-0.05, 0) is 80.8 Å². The highest BCUT2D eigenvalue weighted by molar-refractivity contribution is 9.10. The molecule has 0 radical (unpaired) electrons. The Morgan fingerprint density at radius 2 is 1.74 bits per heavy atom. The number of amides is 1. The summed E-state index contributed by atoms with van der Waals surface area (Å²) < 4.78 is 58.1. The number of rotatable bonds is 13. The van der Waals surface area contributed by atoms with Crippen molar-refractivity contribution < 1.29 is 42.1 Å². The van der Waals surface area contributed by atoms with Crippen LogP contribution in [-0.4, -0.2) is 47.2 Å². The van der Waals surface area contributed by atoms with Gasteiger partial charge in [-0.15, -0.1) is 0 Å². The average Bonchev–Trinajstić information content (AvgIpc) is 3.41. The zero-order chi connectivity index (χ0) is 34.2. The maximum absolute atomic E-state index is 14.2. The second-order valence-electron chi connectivity index (χ2n) is 11.9. The van der Waals surface area contributed by atoms with Crippen LogP contribution in [0.5, 0.6) is 5.75 Å². The lowest BCUT2D eigenvalue weighted by molar-refractivity contribution is -0.155. The number of carbonyl (C=O) groups is 2. The Labute approximate surface area is 279 Å². The molecule has 3 aromatic rings. The zero-order valence-corrected chi connectivity index (χ0v) is 27.8. The molecule has 2 atom stereocenters. The van der Waals surface area contributed by atoms with Gasteiger partial charge in [-0.2, -0.15) is 13.2 Å². The number of aliphatic imine (C=N–C) groups is 1. The maximum atomic E-state index is 14.2. The fraction of sp³-hybridized carbons (Fsp3) is 0.382. The molecule has 252 valence electrons. The monoisotopic (exact) mass is 719 g/mol. The van der Waals surface area contributed by atoms with Crippen molar-refractivity contribution in [3.63, 3.8) is 0 Å². The molecule has 13 heteroatoms. The number of nitrogens with one attached hydrogen (secondary N) is 2. The maximum Gasteiger partial charge on any atom is 0.416 e. The first kappa shape index (κ1) is 35.9. The molecule has 0 saturated carbocycles. The first-order valence-electron chi connectivity index (χ1n) is 15.0. The van der Waals surface area contributed by atoms with E-state index in [1.165, 1.54) is 12.1 Å². The molecule has 0 aliphatic carbocycles. The fourth-order valence-electron chi connectivity index (χ4n) is 4.89. The molecule has 0 saturated heterocycles. The topological polar surface area (TPSA) is 118 Å². The highest BCUT2D eigenvalue weighted by Gasteiger charge is 2.53. The highest BCUT2D eigenvalue weighted by atomic mass is 79.9. The second-order valence-corrected chi connectivity index (χ2v) is 12.8. The van der Waals surface area contributed by atoms with E-state index in [1.807, 2.05) is 0 Å². The van der Waals surface area contributed by atoms with Crippen LogP contribution in [0.1, 0.15) is 68.4 Å². The number of benzene rings is 3. The summed E-state index contributed by atoms with van der Waals surface area (Å²) in [6.07, 6.45) is -5.30. The van der Waals surface area contributed by atoms with Crippen LogP contribution >= 0.6 is 15.9 Å². The first-order valence-corrected chi connectivity index (χ1v) is 15.8. The molecule has 0 aromatic heterocycles. The lowest BCUT2D eigenvalue weighted by Crippen LogP contribution is -2.52. The van der Waals surface area contributed by atoms with Crippen LogP contribution in [0.15, 0.2) is 82.3 Å². The molecule has 4 rings (SSSR count). The number of halogens is 4. The summed E-state index contributed by atoms with van der Waals surface area (Å²) in [4.78, 5) is 31.9. The molecule has 0 spiro atoms. The summed E-state index contributed by atoms with van der Waals surface area (Å²) in [5, 5.41) is 9.02. The lowest BCUT2D eigenvalue weighted by Gasteiger charge is -2.31. The van der Waals surface area contributed by atoms with Gasteiger partial charge in [0.15, 0.2) is 11.6 Å². The van der Waals surface area contributed by atoms with Crippen LogP contribution in [0, 0.1) is 0 Å². The minimum Gasteiger partial charge on any atom is -0.494 e. The second kappa shape index (κ2) is 15.3. The largest absolute Gasteiger partial charge is 0.494 e. The van der Waals surface area contributed by atoms with Gasteiger partial charge in [-0.25, -0.2) is 10.4 Å². The molecule has 1 heterocycles. The Morgan fingerprint density at radius 1 is 1.04 bits per heavy atom. The molecule has 0 unspecified atom stereocenters. The fourth-order valence-corrected chi connectivity index (χ4v) is 5.15. The van der Waals surface area contributed by atoms with Crippen molar-refractivity contribution in [3.05, 3.63) is 99.5 Å². The standard InChI is InChI=1S/C34H37BrF3N3O6/c1-32(2,3)47-28(43)16-17-33(31(44)41-39-21-22-6-4-7-25(20-22)34(36,37)38)29(23-8-12-26(35)13-9-23)46-30(40-33)24-10-14-27(15-11-24)45-19-5-18-42/h4,6-15,20,29,39,42H,5,16-19,21H2,1-3H3,(H,41,44)/t29-,33-/m0/s1. The number of hydrazine groups is 1. The summed E-state index contributed by atoms with van der Waals surface area (Å²) in [5.41, 5.74) is 3.52. The van der Waals surface area contributed by atoms with Crippen molar-refractivity contribution in [2.75, 3.05) is 13.2 Å². The third-order valence-electron chi connectivity index (χ3n) is 7.08. The molecule has 3 N–H and O–H groups in total. The molecule has 9 nitrogen and oxygen atoms in total. The number of nitrogens with zero attached hydrogens (tertiary/aromatic N) is 1. The van der Waals surface area contributed by atoms with Crippen molar-refractivity contribution in [1.29, 1.82) is 0 Å². The van der Waals surface area contributed by atoms with Gasteiger partial charge in [0.1, 0.15) is 11.4 Å². The molecular weight excluding hydrogens is 683 g/mol. The SMILES string of the molecule is CC(C)(C)OC(=O)CC[C@]1(C(=O)NNCc2cccc(C(F)(F)F)c2)N=C(c2ccc(OCCCO)cc2)O[C@H]1c1ccc(Br)cc1. The van der Waals surface area contributed by atoms with Gasteiger partial charge in [0.25, 0.3) is 5.91 Å². The average molecular weight is 721 g/mol. The van der Waals surface area contributed by atoms with Gasteiger partial charge in [-0.1, -0.05) is 46.3 Å². The van der Waals surface area contributed by atoms with E-state index in [2.05, 4.69) is 26.8 Å². The van der Waals surface area contributed by atoms with Crippen LogP contribution in [0.3, 0.4) is 0 Å². The predicted molar refractivity (Wildman–Crippen MR) is 172 cm³/mol. The van der Waals surface area contributed by atoms with E-state index in [4.69, 9.17) is 24.3 Å². The molecule has 0 bridgehead atoms. The number of ether oxygens (including phenoxy) is 3. The molecule has 0 fully saturated rings. The Bertz CT molecular complexity index is 1560. The van der Waals surface area contributed by atoms with Gasteiger partial charge in [-0.3, -0.25) is 15.0 Å². The predicted octanol–water partition coefficient (Wildman–Crippen LogP) is 6.43. The van der Waals surface area contributed by atoms with Gasteiger partial charge >= 0.3 is 12.1 Å². The van der Waals surface area contributed by atoms with E-state index in [-0.39, 0.29) is 31.9 Å².